The van der Waals surface area contributed by atoms with E-state index >= 15 is 0 Å². The lowest BCUT2D eigenvalue weighted by atomic mass is 9.94. The van der Waals surface area contributed by atoms with Crippen LogP contribution >= 0.6 is 11.6 Å². The van der Waals surface area contributed by atoms with Gasteiger partial charge in [-0.05, 0) is 25.0 Å². The van der Waals surface area contributed by atoms with E-state index in [4.69, 9.17) is 11.6 Å². The summed E-state index contributed by atoms with van der Waals surface area (Å²) in [5, 5.41) is 9.24. The van der Waals surface area contributed by atoms with Crippen molar-refractivity contribution in [3.8, 4) is 22.5 Å². The molecule has 0 N–H and O–H groups in total. The summed E-state index contributed by atoms with van der Waals surface area (Å²) in [5.74, 6) is 0. The van der Waals surface area contributed by atoms with Crippen LogP contribution < -0.4 is 0 Å². The maximum Gasteiger partial charge on any atom is 0.147 e. The van der Waals surface area contributed by atoms with Crippen LogP contribution in [-0.2, 0) is 25.3 Å². The van der Waals surface area contributed by atoms with E-state index in [0.29, 0.717) is 23.4 Å². The number of halogens is 1. The summed E-state index contributed by atoms with van der Waals surface area (Å²) >= 11 is 6.48. The lowest BCUT2D eigenvalue weighted by Gasteiger charge is -2.13. The predicted molar refractivity (Wildman–Crippen MR) is 95.8 cm³/mol. The average Bonchev–Trinajstić information content (AvgIpc) is 3.19. The van der Waals surface area contributed by atoms with E-state index in [0.717, 1.165) is 40.1 Å². The van der Waals surface area contributed by atoms with Gasteiger partial charge in [0.15, 0.2) is 0 Å². The minimum Gasteiger partial charge on any atom is -0.298 e. The number of rotatable bonds is 3. The standard InChI is InChI=1S/C18H16ClN5O/c1-23-9-13(8-21-23)14-5-3-11(7-20-14)18-16-15(22-24(18)2)6-4-12(10-25)17(16)19/h3,5,7-10H,4,6H2,1-2H3. The largest absolute Gasteiger partial charge is 0.298 e. The molecule has 7 heteroatoms. The third kappa shape index (κ3) is 2.59. The van der Waals surface area contributed by atoms with Gasteiger partial charge in [-0.1, -0.05) is 11.6 Å². The maximum absolute atomic E-state index is 11.2. The van der Waals surface area contributed by atoms with Crippen molar-refractivity contribution in [2.75, 3.05) is 0 Å². The fourth-order valence-electron chi connectivity index (χ4n) is 3.21. The van der Waals surface area contributed by atoms with Gasteiger partial charge >= 0.3 is 0 Å². The van der Waals surface area contributed by atoms with Crippen LogP contribution in [0, 0.1) is 0 Å². The van der Waals surface area contributed by atoms with Crippen LogP contribution in [0.5, 0.6) is 0 Å². The van der Waals surface area contributed by atoms with E-state index in [2.05, 4.69) is 15.2 Å². The van der Waals surface area contributed by atoms with Crippen molar-refractivity contribution >= 4 is 22.9 Å². The number of fused-ring (bicyclic) bond motifs is 1. The van der Waals surface area contributed by atoms with Crippen molar-refractivity contribution < 1.29 is 4.79 Å². The molecule has 1 aliphatic rings. The van der Waals surface area contributed by atoms with Crippen LogP contribution in [0.1, 0.15) is 17.7 Å². The van der Waals surface area contributed by atoms with Crippen LogP contribution in [0.3, 0.4) is 0 Å². The SMILES string of the molecule is Cn1cc(-c2ccc(-c3c4c(nn3C)CCC(C=O)=C4Cl)cn2)cn1. The molecule has 6 nitrogen and oxygen atoms in total. The molecule has 1 aliphatic carbocycles. The molecule has 0 spiro atoms. The molecule has 4 rings (SSSR count). The Labute approximate surface area is 149 Å². The molecule has 0 unspecified atom stereocenters. The molecular weight excluding hydrogens is 338 g/mol. The molecular formula is C18H16ClN5O. The highest BCUT2D eigenvalue weighted by atomic mass is 35.5. The molecule has 0 radical (unpaired) electrons. The van der Waals surface area contributed by atoms with Crippen LogP contribution in [0.15, 0.2) is 36.3 Å². The zero-order chi connectivity index (χ0) is 17.6. The average molecular weight is 354 g/mol. The molecule has 0 saturated heterocycles. The molecule has 25 heavy (non-hydrogen) atoms. The summed E-state index contributed by atoms with van der Waals surface area (Å²) in [4.78, 5) is 15.8. The number of carbonyl (C=O) groups is 1. The first kappa shape index (κ1) is 15.8. The van der Waals surface area contributed by atoms with Crippen molar-refractivity contribution in [2.24, 2.45) is 14.1 Å². The number of hydrogen-bond donors (Lipinski definition) is 0. The van der Waals surface area contributed by atoms with Gasteiger partial charge in [-0.2, -0.15) is 10.2 Å². The number of nitrogens with zero attached hydrogens (tertiary/aromatic N) is 5. The molecule has 3 aromatic heterocycles. The molecule has 3 aromatic rings. The second-order valence-corrected chi connectivity index (χ2v) is 6.46. The Bertz CT molecular complexity index is 997. The number of aromatic nitrogens is 5. The van der Waals surface area contributed by atoms with Gasteiger partial charge in [-0.3, -0.25) is 19.1 Å². The Morgan fingerprint density at radius 1 is 1.16 bits per heavy atom. The van der Waals surface area contributed by atoms with Crippen LogP contribution in [0.4, 0.5) is 0 Å². The highest BCUT2D eigenvalue weighted by Crippen LogP contribution is 2.39. The first-order chi connectivity index (χ1) is 12.1. The normalized spacial score (nSPS) is 13.9. The molecule has 0 aromatic carbocycles. The van der Waals surface area contributed by atoms with Crippen molar-refractivity contribution in [3.63, 3.8) is 0 Å². The minimum atomic E-state index is 0.496. The monoisotopic (exact) mass is 353 g/mol. The van der Waals surface area contributed by atoms with E-state index in [-0.39, 0.29) is 0 Å². The third-order valence-electron chi connectivity index (χ3n) is 4.43. The van der Waals surface area contributed by atoms with Gasteiger partial charge in [0.25, 0.3) is 0 Å². The van der Waals surface area contributed by atoms with Crippen LogP contribution in [0.2, 0.25) is 0 Å². The lowest BCUT2D eigenvalue weighted by molar-refractivity contribution is -0.105. The summed E-state index contributed by atoms with van der Waals surface area (Å²) in [6.07, 6.45) is 7.69. The van der Waals surface area contributed by atoms with Gasteiger partial charge < -0.3 is 0 Å². The number of pyridine rings is 1. The zero-order valence-corrected chi connectivity index (χ0v) is 14.7. The second kappa shape index (κ2) is 5.97. The first-order valence-electron chi connectivity index (χ1n) is 7.94. The molecule has 3 heterocycles. The second-order valence-electron chi connectivity index (χ2n) is 6.09. The Balaban J connectivity index is 1.80. The van der Waals surface area contributed by atoms with Crippen LogP contribution in [-0.4, -0.2) is 30.8 Å². The Hall–Kier alpha value is -2.73. The van der Waals surface area contributed by atoms with Crippen molar-refractivity contribution in [3.05, 3.63) is 47.6 Å². The molecule has 0 amide bonds. The molecule has 126 valence electrons. The summed E-state index contributed by atoms with van der Waals surface area (Å²) in [6.45, 7) is 0. The number of aldehydes is 1. The Kier molecular flexibility index (Phi) is 3.77. The fraction of sp³-hybridized carbons (Fsp3) is 0.222. The summed E-state index contributed by atoms with van der Waals surface area (Å²) in [7, 11) is 3.76. The molecule has 0 saturated carbocycles. The van der Waals surface area contributed by atoms with E-state index < -0.39 is 0 Å². The highest BCUT2D eigenvalue weighted by molar-refractivity contribution is 6.51. The predicted octanol–water partition coefficient (Wildman–Crippen LogP) is 2.98. The fourth-order valence-corrected chi connectivity index (χ4v) is 3.55. The minimum absolute atomic E-state index is 0.496. The van der Waals surface area contributed by atoms with Gasteiger partial charge in [-0.25, -0.2) is 0 Å². The number of aryl methyl sites for hydroxylation is 3. The molecule has 0 atom stereocenters. The smallest absolute Gasteiger partial charge is 0.147 e. The van der Waals surface area contributed by atoms with E-state index in [1.54, 1.807) is 17.1 Å². The summed E-state index contributed by atoms with van der Waals surface area (Å²) < 4.78 is 3.55. The number of allylic oxidation sites excluding steroid dienone is 1. The van der Waals surface area contributed by atoms with Gasteiger partial charge in [0.2, 0.25) is 0 Å². The maximum atomic E-state index is 11.2. The van der Waals surface area contributed by atoms with Gasteiger partial charge in [0.05, 0.1) is 28.3 Å². The van der Waals surface area contributed by atoms with Gasteiger partial charge in [0.1, 0.15) is 6.29 Å². The molecule has 0 aliphatic heterocycles. The van der Waals surface area contributed by atoms with Crippen molar-refractivity contribution in [2.45, 2.75) is 12.8 Å². The first-order valence-corrected chi connectivity index (χ1v) is 8.31. The molecule has 0 fully saturated rings. The van der Waals surface area contributed by atoms with E-state index in [1.807, 2.05) is 37.1 Å². The third-order valence-corrected chi connectivity index (χ3v) is 4.86. The lowest BCUT2D eigenvalue weighted by Crippen LogP contribution is -2.02. The Morgan fingerprint density at radius 2 is 2.00 bits per heavy atom. The van der Waals surface area contributed by atoms with Crippen LogP contribution in [0.25, 0.3) is 27.5 Å². The summed E-state index contributed by atoms with van der Waals surface area (Å²) in [5.41, 5.74) is 5.99. The topological polar surface area (TPSA) is 65.6 Å². The zero-order valence-electron chi connectivity index (χ0n) is 13.9. The van der Waals surface area contributed by atoms with Gasteiger partial charge in [-0.15, -0.1) is 0 Å². The number of hydrogen-bond acceptors (Lipinski definition) is 4. The number of carbonyl (C=O) groups excluding carboxylic acids is 1. The quantitative estimate of drug-likeness (QED) is 0.679. The van der Waals surface area contributed by atoms with E-state index in [1.165, 1.54) is 0 Å². The van der Waals surface area contributed by atoms with Crippen molar-refractivity contribution in [1.82, 2.24) is 24.5 Å². The highest BCUT2D eigenvalue weighted by Gasteiger charge is 2.26. The van der Waals surface area contributed by atoms with E-state index in [9.17, 15) is 4.79 Å². The van der Waals surface area contributed by atoms with Crippen molar-refractivity contribution in [1.29, 1.82) is 0 Å². The van der Waals surface area contributed by atoms with Gasteiger partial charge in [0, 0.05) is 48.8 Å². The molecule has 0 bridgehead atoms. The summed E-state index contributed by atoms with van der Waals surface area (Å²) in [6, 6.07) is 3.94. The Morgan fingerprint density at radius 3 is 2.64 bits per heavy atom.